The van der Waals surface area contributed by atoms with E-state index in [1.54, 1.807) is 12.1 Å². The average molecular weight is 272 g/mol. The van der Waals surface area contributed by atoms with Crippen molar-refractivity contribution in [2.75, 3.05) is 0 Å². The molecule has 0 unspecified atom stereocenters. The number of aromatic hydroxyl groups is 1. The topological polar surface area (TPSA) is 37.3 Å². The van der Waals surface area contributed by atoms with Crippen molar-refractivity contribution in [2.45, 2.75) is 52.4 Å². The van der Waals surface area contributed by atoms with Crippen molar-refractivity contribution < 1.29 is 9.90 Å². The summed E-state index contributed by atoms with van der Waals surface area (Å²) in [5, 5.41) is 9.89. The molecule has 1 aromatic carbocycles. The van der Waals surface area contributed by atoms with Gasteiger partial charge in [0.1, 0.15) is 5.75 Å². The highest BCUT2D eigenvalue weighted by molar-refractivity contribution is 6.07. The highest BCUT2D eigenvalue weighted by atomic mass is 16.3. The van der Waals surface area contributed by atoms with E-state index >= 15 is 0 Å². The zero-order valence-electron chi connectivity index (χ0n) is 12.5. The summed E-state index contributed by atoms with van der Waals surface area (Å²) >= 11 is 0. The average Bonchev–Trinajstić information content (AvgIpc) is 2.46. The summed E-state index contributed by atoms with van der Waals surface area (Å²) < 4.78 is 0. The Morgan fingerprint density at radius 1 is 1.10 bits per heavy atom. The van der Waals surface area contributed by atoms with Crippen LogP contribution in [0.3, 0.4) is 0 Å². The number of carbonyl (C=O) groups excluding carboxylic acids is 1. The molecule has 108 valence electrons. The molecule has 0 amide bonds. The van der Waals surface area contributed by atoms with E-state index in [9.17, 15) is 9.90 Å². The maximum absolute atomic E-state index is 12.9. The fourth-order valence-corrected chi connectivity index (χ4v) is 3.02. The van der Waals surface area contributed by atoms with Crippen LogP contribution < -0.4 is 0 Å². The Morgan fingerprint density at radius 2 is 1.75 bits per heavy atom. The summed E-state index contributed by atoms with van der Waals surface area (Å²) in [6.07, 6.45) is 10.1. The molecule has 0 saturated heterocycles. The molecule has 2 heteroatoms. The molecule has 0 radical (unpaired) electrons. The van der Waals surface area contributed by atoms with Gasteiger partial charge in [-0.2, -0.15) is 0 Å². The molecule has 1 N–H and O–H groups in total. The molecule has 1 aliphatic rings. The molecule has 0 spiro atoms. The molecule has 0 bridgehead atoms. The van der Waals surface area contributed by atoms with Gasteiger partial charge in [-0.1, -0.05) is 63.8 Å². The summed E-state index contributed by atoms with van der Waals surface area (Å²) in [5.41, 5.74) is 1.01. The van der Waals surface area contributed by atoms with Gasteiger partial charge in [0.05, 0.1) is 5.41 Å². The Morgan fingerprint density at radius 3 is 2.35 bits per heavy atom. The van der Waals surface area contributed by atoms with E-state index in [1.165, 1.54) is 0 Å². The summed E-state index contributed by atoms with van der Waals surface area (Å²) in [7, 11) is 0. The van der Waals surface area contributed by atoms with E-state index in [2.05, 4.69) is 13.8 Å². The fraction of sp³-hybridized carbons (Fsp3) is 0.500. The maximum atomic E-state index is 12.9. The van der Waals surface area contributed by atoms with E-state index in [4.69, 9.17) is 0 Å². The normalized spacial score (nSPS) is 16.2. The molecule has 0 aromatic heterocycles. The molecule has 2 nitrogen and oxygen atoms in total. The lowest BCUT2D eigenvalue weighted by Gasteiger charge is -2.33. The molecular formula is C18H24O2. The van der Waals surface area contributed by atoms with Gasteiger partial charge in [0.15, 0.2) is 5.78 Å². The van der Waals surface area contributed by atoms with E-state index in [1.807, 2.05) is 18.2 Å². The number of carbonyl (C=O) groups is 1. The Bertz CT molecular complexity index is 506. The van der Waals surface area contributed by atoms with Crippen molar-refractivity contribution >= 4 is 11.9 Å². The first kappa shape index (κ1) is 14.8. The first-order valence-corrected chi connectivity index (χ1v) is 7.70. The SMILES string of the molecule is CCCCC1(CCCC)C=Cc2c(O)cccc2C1=O. The molecule has 1 aliphatic carbocycles. The highest BCUT2D eigenvalue weighted by Crippen LogP contribution is 2.42. The van der Waals surface area contributed by atoms with Gasteiger partial charge in [0.25, 0.3) is 0 Å². The first-order valence-electron chi connectivity index (χ1n) is 7.70. The molecule has 0 heterocycles. The number of hydrogen-bond donors (Lipinski definition) is 1. The van der Waals surface area contributed by atoms with Gasteiger partial charge in [-0.3, -0.25) is 4.79 Å². The third-order valence-electron chi connectivity index (χ3n) is 4.30. The molecule has 0 fully saturated rings. The molecule has 1 aromatic rings. The van der Waals surface area contributed by atoms with E-state index in [0.717, 1.165) is 38.5 Å². The Balaban J connectivity index is 2.38. The summed E-state index contributed by atoms with van der Waals surface area (Å²) in [6.45, 7) is 4.31. The number of allylic oxidation sites excluding steroid dienone is 1. The number of fused-ring (bicyclic) bond motifs is 1. The van der Waals surface area contributed by atoms with Crippen LogP contribution in [0.4, 0.5) is 0 Å². The Labute approximate surface area is 121 Å². The van der Waals surface area contributed by atoms with Gasteiger partial charge in [-0.25, -0.2) is 0 Å². The lowest BCUT2D eigenvalue weighted by atomic mass is 9.69. The van der Waals surface area contributed by atoms with Gasteiger partial charge in [-0.15, -0.1) is 0 Å². The molecule has 0 saturated carbocycles. The minimum absolute atomic E-state index is 0.188. The first-order chi connectivity index (χ1) is 9.64. The largest absolute Gasteiger partial charge is 0.507 e. The zero-order chi connectivity index (χ0) is 14.6. The number of phenols is 1. The number of hydrogen-bond acceptors (Lipinski definition) is 2. The zero-order valence-corrected chi connectivity index (χ0v) is 12.5. The van der Waals surface area contributed by atoms with Crippen molar-refractivity contribution in [2.24, 2.45) is 5.41 Å². The summed E-state index contributed by atoms with van der Waals surface area (Å²) in [5.74, 6) is 0.388. The van der Waals surface area contributed by atoms with Crippen LogP contribution in [0.15, 0.2) is 24.3 Å². The standard InChI is InChI=1S/C18H24O2/c1-3-5-11-18(12-6-4-2)13-10-14-15(17(18)20)8-7-9-16(14)19/h7-10,13,19H,3-6,11-12H2,1-2H3. The molecular weight excluding hydrogens is 248 g/mol. The van der Waals surface area contributed by atoms with Crippen LogP contribution in [0.25, 0.3) is 6.08 Å². The maximum Gasteiger partial charge on any atom is 0.173 e. The highest BCUT2D eigenvalue weighted by Gasteiger charge is 2.38. The van der Waals surface area contributed by atoms with E-state index in [-0.39, 0.29) is 16.9 Å². The number of benzene rings is 1. The van der Waals surface area contributed by atoms with Gasteiger partial charge in [-0.05, 0) is 18.9 Å². The molecule has 20 heavy (non-hydrogen) atoms. The second kappa shape index (κ2) is 6.25. The predicted molar refractivity (Wildman–Crippen MR) is 83.0 cm³/mol. The van der Waals surface area contributed by atoms with Crippen molar-refractivity contribution in [1.29, 1.82) is 0 Å². The predicted octanol–water partition coefficient (Wildman–Crippen LogP) is 4.97. The minimum Gasteiger partial charge on any atom is -0.507 e. The lowest BCUT2D eigenvalue weighted by molar-refractivity contribution is 0.0819. The van der Waals surface area contributed by atoms with Crippen molar-refractivity contribution in [1.82, 2.24) is 0 Å². The molecule has 0 aliphatic heterocycles. The van der Waals surface area contributed by atoms with Gasteiger partial charge < -0.3 is 5.11 Å². The minimum atomic E-state index is -0.354. The summed E-state index contributed by atoms with van der Waals surface area (Å²) in [4.78, 5) is 12.9. The van der Waals surface area contributed by atoms with Crippen LogP contribution in [-0.4, -0.2) is 10.9 Å². The number of unbranched alkanes of at least 4 members (excludes halogenated alkanes) is 2. The second-order valence-corrected chi connectivity index (χ2v) is 5.76. The quantitative estimate of drug-likeness (QED) is 0.794. The van der Waals surface area contributed by atoms with Crippen molar-refractivity contribution in [3.8, 4) is 5.75 Å². The third-order valence-corrected chi connectivity index (χ3v) is 4.30. The monoisotopic (exact) mass is 272 g/mol. The van der Waals surface area contributed by atoms with E-state index < -0.39 is 0 Å². The molecule has 0 atom stereocenters. The fourth-order valence-electron chi connectivity index (χ4n) is 3.02. The number of phenolic OH excluding ortho intramolecular Hbond substituents is 1. The van der Waals surface area contributed by atoms with Crippen LogP contribution in [0.1, 0.15) is 68.3 Å². The third kappa shape index (κ3) is 2.65. The van der Waals surface area contributed by atoms with Crippen molar-refractivity contribution in [3.63, 3.8) is 0 Å². The number of rotatable bonds is 6. The van der Waals surface area contributed by atoms with Gasteiger partial charge >= 0.3 is 0 Å². The van der Waals surface area contributed by atoms with E-state index in [0.29, 0.717) is 11.1 Å². The van der Waals surface area contributed by atoms with Crippen LogP contribution in [-0.2, 0) is 0 Å². The van der Waals surface area contributed by atoms with Crippen molar-refractivity contribution in [3.05, 3.63) is 35.4 Å². The van der Waals surface area contributed by atoms with Gasteiger partial charge in [0.2, 0.25) is 0 Å². The number of Topliss-reactive ketones (excluding diaryl/α,β-unsaturated/α-hetero) is 1. The van der Waals surface area contributed by atoms with Crippen LogP contribution >= 0.6 is 0 Å². The smallest absolute Gasteiger partial charge is 0.173 e. The van der Waals surface area contributed by atoms with Crippen LogP contribution in [0.2, 0.25) is 0 Å². The van der Waals surface area contributed by atoms with Gasteiger partial charge in [0, 0.05) is 11.1 Å². The Kier molecular flexibility index (Phi) is 4.64. The second-order valence-electron chi connectivity index (χ2n) is 5.76. The molecule has 2 rings (SSSR count). The lowest BCUT2D eigenvalue weighted by Crippen LogP contribution is -2.32. The number of ketones is 1. The van der Waals surface area contributed by atoms with Crippen LogP contribution in [0, 0.1) is 5.41 Å². The summed E-state index contributed by atoms with van der Waals surface area (Å²) in [6, 6.07) is 5.24. The Hall–Kier alpha value is -1.57. The van der Waals surface area contributed by atoms with Crippen LogP contribution in [0.5, 0.6) is 5.75 Å².